The summed E-state index contributed by atoms with van der Waals surface area (Å²) in [5.74, 6) is -1.29. The molecule has 0 amide bonds. The molecule has 0 spiro atoms. The zero-order chi connectivity index (χ0) is 21.6. The maximum Gasteiger partial charge on any atom is 0.339 e. The second kappa shape index (κ2) is 9.65. The van der Waals surface area contributed by atoms with Crippen LogP contribution >= 0.6 is 0 Å². The van der Waals surface area contributed by atoms with E-state index in [9.17, 15) is 18.3 Å². The topological polar surface area (TPSA) is 99.1 Å². The predicted molar refractivity (Wildman–Crippen MR) is 109 cm³/mol. The molecule has 0 radical (unpaired) electrons. The van der Waals surface area contributed by atoms with E-state index in [0.717, 1.165) is 18.4 Å². The van der Waals surface area contributed by atoms with Gasteiger partial charge >= 0.3 is 10.1 Å². The van der Waals surface area contributed by atoms with Crippen LogP contribution in [0.2, 0.25) is 0 Å². The normalized spacial score (nSPS) is 11.2. The Labute approximate surface area is 171 Å². The maximum absolute atomic E-state index is 12.8. The maximum atomic E-state index is 12.8. The molecular weight excluding hydrogens is 396 g/mol. The van der Waals surface area contributed by atoms with Crippen molar-refractivity contribution in [3.05, 3.63) is 41.5 Å². The van der Waals surface area contributed by atoms with E-state index >= 15 is 0 Å². The summed E-state index contributed by atoms with van der Waals surface area (Å²) < 4.78 is 41.4. The van der Waals surface area contributed by atoms with Gasteiger partial charge < -0.3 is 18.8 Å². The molecule has 29 heavy (non-hydrogen) atoms. The number of ether oxygens (including phenoxy) is 2. The van der Waals surface area contributed by atoms with Crippen molar-refractivity contribution >= 4 is 15.9 Å². The number of unbranched alkanes of at least 4 members (excludes halogenated alkanes) is 2. The highest BCUT2D eigenvalue weighted by molar-refractivity contribution is 7.87. The highest BCUT2D eigenvalue weighted by Gasteiger charge is 2.30. The number of methoxy groups -OCH3 is 2. The summed E-state index contributed by atoms with van der Waals surface area (Å²) >= 11 is 0. The lowest BCUT2D eigenvalue weighted by Gasteiger charge is -2.18. The van der Waals surface area contributed by atoms with Gasteiger partial charge in [-0.05, 0) is 25.5 Å². The molecule has 0 aliphatic carbocycles. The monoisotopic (exact) mass is 422 g/mol. The molecule has 0 aliphatic heterocycles. The minimum absolute atomic E-state index is 0.0456. The smallest absolute Gasteiger partial charge is 0.339 e. The summed E-state index contributed by atoms with van der Waals surface area (Å²) in [6.45, 7) is 3.83. The molecule has 158 valence electrons. The van der Waals surface area contributed by atoms with Crippen molar-refractivity contribution < 1.29 is 32.0 Å². The molecule has 0 bridgehead atoms. The van der Waals surface area contributed by atoms with Crippen LogP contribution in [0, 0.1) is 6.92 Å². The van der Waals surface area contributed by atoms with Gasteiger partial charge in [0, 0.05) is 12.5 Å². The number of rotatable bonds is 10. The lowest BCUT2D eigenvalue weighted by molar-refractivity contribution is 0.0974. The van der Waals surface area contributed by atoms with Crippen molar-refractivity contribution in [1.29, 1.82) is 0 Å². The van der Waals surface area contributed by atoms with Gasteiger partial charge in [-0.15, -0.1) is 0 Å². The number of hydrogen-bond acceptors (Lipinski definition) is 7. The number of benzene rings is 2. The van der Waals surface area contributed by atoms with Gasteiger partial charge in [-0.2, -0.15) is 8.42 Å². The Hall–Kier alpha value is -2.74. The number of carbonyl (C=O) groups is 1. The first-order valence-corrected chi connectivity index (χ1v) is 10.7. The quantitative estimate of drug-likeness (QED) is 0.347. The predicted octanol–water partition coefficient (Wildman–Crippen LogP) is 4.25. The molecule has 8 heteroatoms. The van der Waals surface area contributed by atoms with Crippen LogP contribution in [0.1, 0.15) is 48.5 Å². The van der Waals surface area contributed by atoms with Crippen LogP contribution in [0.25, 0.3) is 0 Å². The fourth-order valence-electron chi connectivity index (χ4n) is 2.82. The lowest BCUT2D eigenvalue weighted by atomic mass is 10.0. The first-order valence-electron chi connectivity index (χ1n) is 9.27. The first-order chi connectivity index (χ1) is 13.7. The molecule has 0 saturated heterocycles. The number of hydrogen-bond donors (Lipinski definition) is 1. The van der Waals surface area contributed by atoms with E-state index in [1.165, 1.54) is 32.4 Å². The Kier molecular flexibility index (Phi) is 7.50. The fourth-order valence-corrected chi connectivity index (χ4v) is 3.76. The number of phenols is 1. The molecule has 0 aliphatic rings. The van der Waals surface area contributed by atoms with Crippen LogP contribution in [0.5, 0.6) is 23.0 Å². The van der Waals surface area contributed by atoms with E-state index in [4.69, 9.17) is 13.7 Å². The van der Waals surface area contributed by atoms with E-state index in [1.807, 2.05) is 13.8 Å². The Morgan fingerprint density at radius 1 is 1.03 bits per heavy atom. The minimum atomic E-state index is -4.28. The average Bonchev–Trinajstić information content (AvgIpc) is 2.67. The van der Waals surface area contributed by atoms with Gasteiger partial charge in [-0.3, -0.25) is 4.79 Å². The van der Waals surface area contributed by atoms with Gasteiger partial charge in [0.15, 0.2) is 11.5 Å². The van der Waals surface area contributed by atoms with Gasteiger partial charge in [0.25, 0.3) is 0 Å². The lowest BCUT2D eigenvalue weighted by Crippen LogP contribution is -2.14. The van der Waals surface area contributed by atoms with Crippen molar-refractivity contribution in [1.82, 2.24) is 0 Å². The number of carbonyl (C=O) groups excluding carboxylic acids is 1. The third kappa shape index (κ3) is 5.20. The molecule has 2 aromatic carbocycles. The van der Waals surface area contributed by atoms with Crippen LogP contribution in [-0.4, -0.2) is 33.5 Å². The molecule has 0 saturated carbocycles. The third-order valence-electron chi connectivity index (χ3n) is 4.39. The van der Waals surface area contributed by atoms with Crippen LogP contribution in [0.4, 0.5) is 0 Å². The molecule has 2 aromatic rings. The molecule has 1 N–H and O–H groups in total. The Morgan fingerprint density at radius 2 is 1.69 bits per heavy atom. The van der Waals surface area contributed by atoms with Gasteiger partial charge in [-0.1, -0.05) is 37.5 Å². The number of phenolic OH excluding ortho intramolecular Hbond substituents is 1. The molecule has 0 unspecified atom stereocenters. The Bertz CT molecular complexity index is 964. The Morgan fingerprint density at radius 3 is 2.24 bits per heavy atom. The van der Waals surface area contributed by atoms with E-state index in [0.29, 0.717) is 6.42 Å². The molecule has 0 fully saturated rings. The largest absolute Gasteiger partial charge is 0.507 e. The van der Waals surface area contributed by atoms with Gasteiger partial charge in [0.1, 0.15) is 16.2 Å². The van der Waals surface area contributed by atoms with Crippen LogP contribution in [0.15, 0.2) is 35.2 Å². The SMILES string of the molecule is CCCCCC(=O)c1c(O)cc(OC)c(OC)c1OS(=O)(=O)c1ccc(C)cc1. The zero-order valence-corrected chi connectivity index (χ0v) is 17.8. The van der Waals surface area contributed by atoms with Crippen molar-refractivity contribution in [2.75, 3.05) is 14.2 Å². The van der Waals surface area contributed by atoms with Crippen LogP contribution in [0.3, 0.4) is 0 Å². The average molecular weight is 422 g/mol. The second-order valence-electron chi connectivity index (χ2n) is 6.57. The van der Waals surface area contributed by atoms with E-state index < -0.39 is 21.7 Å². The molecule has 0 atom stereocenters. The van der Waals surface area contributed by atoms with Crippen LogP contribution < -0.4 is 13.7 Å². The number of Topliss-reactive ketones (excluding diaryl/α,β-unsaturated/α-hetero) is 1. The summed E-state index contributed by atoms with van der Waals surface area (Å²) in [7, 11) is -1.66. The van der Waals surface area contributed by atoms with Crippen LogP contribution in [-0.2, 0) is 10.1 Å². The molecule has 0 heterocycles. The van der Waals surface area contributed by atoms with Crippen molar-refractivity contribution in [3.8, 4) is 23.0 Å². The van der Waals surface area contributed by atoms with Crippen molar-refractivity contribution in [3.63, 3.8) is 0 Å². The summed E-state index contributed by atoms with van der Waals surface area (Å²) in [5, 5.41) is 10.4. The Balaban J connectivity index is 2.58. The summed E-state index contributed by atoms with van der Waals surface area (Å²) in [4.78, 5) is 12.7. The fraction of sp³-hybridized carbons (Fsp3) is 0.381. The van der Waals surface area contributed by atoms with Crippen molar-refractivity contribution in [2.24, 2.45) is 0 Å². The van der Waals surface area contributed by atoms with E-state index in [2.05, 4.69) is 0 Å². The number of aromatic hydroxyl groups is 1. The highest BCUT2D eigenvalue weighted by Crippen LogP contribution is 2.46. The van der Waals surface area contributed by atoms with Crippen molar-refractivity contribution in [2.45, 2.75) is 44.4 Å². The van der Waals surface area contributed by atoms with Gasteiger partial charge in [0.2, 0.25) is 11.5 Å². The van der Waals surface area contributed by atoms with Gasteiger partial charge in [-0.25, -0.2) is 0 Å². The number of aryl methyl sites for hydroxylation is 1. The minimum Gasteiger partial charge on any atom is -0.507 e. The standard InChI is InChI=1S/C21H26O7S/c1-5-6-7-8-16(22)19-17(23)13-18(26-3)20(27-4)21(19)28-29(24,25)15-11-9-14(2)10-12-15/h9-13,23H,5-8H2,1-4H3. The van der Waals surface area contributed by atoms with Gasteiger partial charge in [0.05, 0.1) is 14.2 Å². The summed E-state index contributed by atoms with van der Waals surface area (Å²) in [5.41, 5.74) is 0.641. The molecule has 0 aromatic heterocycles. The molecule has 7 nitrogen and oxygen atoms in total. The summed E-state index contributed by atoms with van der Waals surface area (Å²) in [6, 6.07) is 7.28. The summed E-state index contributed by atoms with van der Waals surface area (Å²) in [6.07, 6.45) is 2.49. The molecule has 2 rings (SSSR count). The number of ketones is 1. The van der Waals surface area contributed by atoms with E-state index in [1.54, 1.807) is 12.1 Å². The van der Waals surface area contributed by atoms with E-state index in [-0.39, 0.29) is 34.1 Å². The second-order valence-corrected chi connectivity index (χ2v) is 8.11. The molecular formula is C21H26O7S. The third-order valence-corrected chi connectivity index (χ3v) is 5.63. The highest BCUT2D eigenvalue weighted by atomic mass is 32.2. The zero-order valence-electron chi connectivity index (χ0n) is 17.0. The first kappa shape index (κ1) is 22.5.